The number of carbonyl (C=O) groups excluding carboxylic acids is 1. The number of anilines is 1. The molecule has 0 atom stereocenters. The maximum absolute atomic E-state index is 12.1. The Bertz CT molecular complexity index is 643. The highest BCUT2D eigenvalue weighted by atomic mass is 16.5. The van der Waals surface area contributed by atoms with Crippen LogP contribution in [-0.2, 0) is 9.53 Å². The van der Waals surface area contributed by atoms with Crippen molar-refractivity contribution in [3.05, 3.63) is 41.1 Å². The van der Waals surface area contributed by atoms with Crippen molar-refractivity contribution in [1.82, 2.24) is 10.2 Å². The van der Waals surface area contributed by atoms with Gasteiger partial charge in [0.25, 0.3) is 5.91 Å². The Balaban J connectivity index is 1.85. The van der Waals surface area contributed by atoms with E-state index in [1.54, 1.807) is 0 Å². The highest BCUT2D eigenvalue weighted by Gasteiger charge is 2.12. The number of benzene rings is 1. The summed E-state index contributed by atoms with van der Waals surface area (Å²) >= 11 is 0. The lowest BCUT2D eigenvalue weighted by atomic mass is 10.1. The number of aryl methyl sites for hydroxylation is 2. The Morgan fingerprint density at radius 2 is 2.12 bits per heavy atom. The number of hydrogen-bond donors (Lipinski definition) is 2. The van der Waals surface area contributed by atoms with Gasteiger partial charge in [0.1, 0.15) is 11.6 Å². The molecule has 1 aromatic carbocycles. The molecule has 2 N–H and O–H groups in total. The molecule has 6 heteroatoms. The Hall–Kier alpha value is -2.36. The summed E-state index contributed by atoms with van der Waals surface area (Å²) in [6.07, 6.45) is 1.46. The average molecular weight is 328 g/mol. The Morgan fingerprint density at radius 3 is 2.79 bits per heavy atom. The number of nitrogens with zero attached hydrogens (tertiary/aromatic N) is 2. The van der Waals surface area contributed by atoms with Crippen LogP contribution in [-0.4, -0.2) is 50.2 Å². The lowest BCUT2D eigenvalue weighted by molar-refractivity contribution is -0.117. The summed E-state index contributed by atoms with van der Waals surface area (Å²) in [6.45, 7) is 8.51. The maximum atomic E-state index is 12.1. The number of morpholine rings is 1. The predicted octanol–water partition coefficient (Wildman–Crippen LogP) is 1.57. The zero-order valence-electron chi connectivity index (χ0n) is 14.3. The average Bonchev–Trinajstić information content (AvgIpc) is 2.58. The van der Waals surface area contributed by atoms with Crippen LogP contribution in [0.5, 0.6) is 0 Å². The van der Waals surface area contributed by atoms with Crippen LogP contribution in [0, 0.1) is 25.2 Å². The highest BCUT2D eigenvalue weighted by molar-refractivity contribution is 5.97. The zero-order valence-corrected chi connectivity index (χ0v) is 14.3. The summed E-state index contributed by atoms with van der Waals surface area (Å²) in [6, 6.07) is 7.91. The molecule has 1 aliphatic heterocycles. The summed E-state index contributed by atoms with van der Waals surface area (Å²) in [5.41, 5.74) is 3.19. The third kappa shape index (κ3) is 5.37. The van der Waals surface area contributed by atoms with Gasteiger partial charge in [-0.3, -0.25) is 9.69 Å². The van der Waals surface area contributed by atoms with Crippen molar-refractivity contribution in [2.45, 2.75) is 13.8 Å². The standard InChI is InChI=1S/C18H24N4O2/c1-14-3-4-17(15(2)11-14)21-13-16(12-19)18(23)20-5-6-22-7-9-24-10-8-22/h3-4,11,13,21H,5-10H2,1-2H3,(H,20,23)/b16-13-. The number of nitrogens with one attached hydrogen (secondary N) is 2. The van der Waals surface area contributed by atoms with E-state index in [0.29, 0.717) is 6.54 Å². The lowest BCUT2D eigenvalue weighted by Gasteiger charge is -2.26. The van der Waals surface area contributed by atoms with Gasteiger partial charge in [-0.15, -0.1) is 0 Å². The molecule has 1 aliphatic rings. The van der Waals surface area contributed by atoms with Gasteiger partial charge in [-0.2, -0.15) is 5.26 Å². The first-order valence-corrected chi connectivity index (χ1v) is 8.12. The second-order valence-electron chi connectivity index (χ2n) is 5.84. The Morgan fingerprint density at radius 1 is 1.38 bits per heavy atom. The van der Waals surface area contributed by atoms with E-state index in [9.17, 15) is 10.1 Å². The molecular weight excluding hydrogens is 304 g/mol. The van der Waals surface area contributed by atoms with Gasteiger partial charge in [-0.25, -0.2) is 0 Å². The number of hydrogen-bond acceptors (Lipinski definition) is 5. The molecule has 0 aromatic heterocycles. The van der Waals surface area contributed by atoms with Gasteiger partial charge < -0.3 is 15.4 Å². The predicted molar refractivity (Wildman–Crippen MR) is 93.5 cm³/mol. The summed E-state index contributed by atoms with van der Waals surface area (Å²) in [5, 5.41) is 15.0. The lowest BCUT2D eigenvalue weighted by Crippen LogP contribution is -2.41. The molecule has 0 bridgehead atoms. The molecule has 1 amide bonds. The first-order valence-electron chi connectivity index (χ1n) is 8.12. The Kier molecular flexibility index (Phi) is 6.79. The molecule has 1 saturated heterocycles. The third-order valence-corrected chi connectivity index (χ3v) is 3.94. The molecule has 1 heterocycles. The van der Waals surface area contributed by atoms with Gasteiger partial charge >= 0.3 is 0 Å². The van der Waals surface area contributed by atoms with Gasteiger partial charge in [0.15, 0.2) is 0 Å². The van der Waals surface area contributed by atoms with Crippen molar-refractivity contribution >= 4 is 11.6 Å². The number of ether oxygens (including phenoxy) is 1. The monoisotopic (exact) mass is 328 g/mol. The second-order valence-corrected chi connectivity index (χ2v) is 5.84. The molecule has 0 saturated carbocycles. The van der Waals surface area contributed by atoms with Crippen LogP contribution in [0.25, 0.3) is 0 Å². The first-order chi connectivity index (χ1) is 11.6. The SMILES string of the molecule is Cc1ccc(N/C=C(/C#N)C(=O)NCCN2CCOCC2)c(C)c1. The van der Waals surface area contributed by atoms with Gasteiger partial charge in [-0.05, 0) is 25.5 Å². The third-order valence-electron chi connectivity index (χ3n) is 3.94. The van der Waals surface area contributed by atoms with Gasteiger partial charge in [0.05, 0.1) is 13.2 Å². The van der Waals surface area contributed by atoms with Crippen molar-refractivity contribution in [3.63, 3.8) is 0 Å². The molecule has 1 aromatic rings. The van der Waals surface area contributed by atoms with E-state index in [2.05, 4.69) is 15.5 Å². The van der Waals surface area contributed by atoms with Crippen molar-refractivity contribution in [3.8, 4) is 6.07 Å². The molecule has 0 unspecified atom stereocenters. The van der Waals surface area contributed by atoms with Crippen LogP contribution in [0.1, 0.15) is 11.1 Å². The topological polar surface area (TPSA) is 77.4 Å². The number of carbonyl (C=O) groups is 1. The van der Waals surface area contributed by atoms with E-state index < -0.39 is 0 Å². The van der Waals surface area contributed by atoms with Gasteiger partial charge in [0.2, 0.25) is 0 Å². The Labute approximate surface area is 143 Å². The second kappa shape index (κ2) is 9.06. The summed E-state index contributed by atoms with van der Waals surface area (Å²) < 4.78 is 5.28. The molecule has 0 radical (unpaired) electrons. The van der Waals surface area contributed by atoms with Crippen LogP contribution in [0.15, 0.2) is 30.0 Å². The fourth-order valence-corrected chi connectivity index (χ4v) is 2.52. The van der Waals surface area contributed by atoms with E-state index in [4.69, 9.17) is 4.74 Å². The minimum absolute atomic E-state index is 0.0666. The minimum Gasteiger partial charge on any atom is -0.379 e. The normalized spacial score (nSPS) is 15.6. The molecule has 128 valence electrons. The van der Waals surface area contributed by atoms with Crippen molar-refractivity contribution in [1.29, 1.82) is 5.26 Å². The zero-order chi connectivity index (χ0) is 17.4. The van der Waals surface area contributed by atoms with Crippen LogP contribution in [0.4, 0.5) is 5.69 Å². The first kappa shape index (κ1) is 18.0. The van der Waals surface area contributed by atoms with Crippen LogP contribution in [0.2, 0.25) is 0 Å². The molecule has 2 rings (SSSR count). The van der Waals surface area contributed by atoms with E-state index in [-0.39, 0.29) is 11.5 Å². The van der Waals surface area contributed by atoms with Crippen LogP contribution in [0.3, 0.4) is 0 Å². The van der Waals surface area contributed by atoms with Crippen molar-refractivity contribution < 1.29 is 9.53 Å². The van der Waals surface area contributed by atoms with Gasteiger partial charge in [-0.1, -0.05) is 17.7 Å². The quantitative estimate of drug-likeness (QED) is 0.612. The van der Waals surface area contributed by atoms with Crippen LogP contribution >= 0.6 is 0 Å². The smallest absolute Gasteiger partial charge is 0.263 e. The molecule has 6 nitrogen and oxygen atoms in total. The fraction of sp³-hybridized carbons (Fsp3) is 0.444. The fourth-order valence-electron chi connectivity index (χ4n) is 2.52. The number of amides is 1. The minimum atomic E-state index is -0.358. The largest absolute Gasteiger partial charge is 0.379 e. The van der Waals surface area contributed by atoms with E-state index in [1.165, 1.54) is 11.8 Å². The van der Waals surface area contributed by atoms with Gasteiger partial charge in [0, 0.05) is 38.1 Å². The van der Waals surface area contributed by atoms with Crippen LogP contribution < -0.4 is 10.6 Å². The molecule has 1 fully saturated rings. The van der Waals surface area contributed by atoms with E-state index in [1.807, 2.05) is 38.1 Å². The maximum Gasteiger partial charge on any atom is 0.263 e. The molecule has 0 aliphatic carbocycles. The molecule has 24 heavy (non-hydrogen) atoms. The highest BCUT2D eigenvalue weighted by Crippen LogP contribution is 2.16. The molecular formula is C18H24N4O2. The summed E-state index contributed by atoms with van der Waals surface area (Å²) in [7, 11) is 0. The van der Waals surface area contributed by atoms with E-state index >= 15 is 0 Å². The van der Waals surface area contributed by atoms with Crippen molar-refractivity contribution in [2.24, 2.45) is 0 Å². The molecule has 0 spiro atoms. The summed E-state index contributed by atoms with van der Waals surface area (Å²) in [4.78, 5) is 14.3. The summed E-state index contributed by atoms with van der Waals surface area (Å²) in [5.74, 6) is -0.358. The number of rotatable bonds is 6. The van der Waals surface area contributed by atoms with Crippen molar-refractivity contribution in [2.75, 3.05) is 44.7 Å². The van der Waals surface area contributed by atoms with E-state index in [0.717, 1.165) is 44.1 Å². The number of nitriles is 1.